The number of amides is 2. The second-order valence-electron chi connectivity index (χ2n) is 5.08. The molecule has 1 N–H and O–H groups in total. The zero-order valence-electron chi connectivity index (χ0n) is 10.1. The van der Waals surface area contributed by atoms with E-state index in [-0.39, 0.29) is 40.6 Å². The van der Waals surface area contributed by atoms with Crippen molar-refractivity contribution in [2.45, 2.75) is 26.7 Å². The van der Waals surface area contributed by atoms with Crippen molar-refractivity contribution in [1.29, 1.82) is 0 Å². The predicted octanol–water partition coefficient (Wildman–Crippen LogP) is 2.13. The quantitative estimate of drug-likeness (QED) is 0.833. The molecule has 1 saturated heterocycles. The van der Waals surface area contributed by atoms with Gasteiger partial charge in [0.2, 0.25) is 11.8 Å². The molecule has 0 unspecified atom stereocenters. The first-order valence-electron chi connectivity index (χ1n) is 5.48. The lowest BCUT2D eigenvalue weighted by Gasteiger charge is -2.34. The summed E-state index contributed by atoms with van der Waals surface area (Å²) in [4.78, 5) is 36.1. The smallest absolute Gasteiger partial charge is 0.348 e. The van der Waals surface area contributed by atoms with Crippen molar-refractivity contribution in [2.24, 2.45) is 5.41 Å². The first kappa shape index (κ1) is 12.8. The number of carboxylic acids is 1. The Morgan fingerprint density at radius 2 is 1.89 bits per heavy atom. The van der Waals surface area contributed by atoms with Crippen LogP contribution >= 0.6 is 11.3 Å². The van der Waals surface area contributed by atoms with E-state index >= 15 is 0 Å². The normalized spacial score (nSPS) is 19.1. The first-order chi connectivity index (χ1) is 8.32. The van der Waals surface area contributed by atoms with Crippen LogP contribution in [0, 0.1) is 5.41 Å². The van der Waals surface area contributed by atoms with E-state index in [0.717, 1.165) is 16.2 Å². The Balaban J connectivity index is 2.39. The molecule has 0 bridgehead atoms. The number of carbonyl (C=O) groups is 3. The third-order valence-corrected chi connectivity index (χ3v) is 3.73. The molecule has 0 spiro atoms. The van der Waals surface area contributed by atoms with E-state index in [0.29, 0.717) is 0 Å². The molecule has 0 radical (unpaired) electrons. The van der Waals surface area contributed by atoms with Gasteiger partial charge in [-0.3, -0.25) is 9.59 Å². The molecular formula is C12H13NO4S. The molecule has 18 heavy (non-hydrogen) atoms. The summed E-state index contributed by atoms with van der Waals surface area (Å²) in [5, 5.41) is 10.6. The fourth-order valence-electron chi connectivity index (χ4n) is 2.09. The average molecular weight is 267 g/mol. The van der Waals surface area contributed by atoms with Gasteiger partial charge in [-0.25, -0.2) is 9.69 Å². The van der Waals surface area contributed by atoms with Gasteiger partial charge in [0.1, 0.15) is 4.88 Å². The van der Waals surface area contributed by atoms with E-state index < -0.39 is 5.97 Å². The van der Waals surface area contributed by atoms with Crippen molar-refractivity contribution >= 4 is 34.8 Å². The highest BCUT2D eigenvalue weighted by atomic mass is 32.1. The summed E-state index contributed by atoms with van der Waals surface area (Å²) in [6, 6.07) is 1.50. The largest absolute Gasteiger partial charge is 0.477 e. The van der Waals surface area contributed by atoms with Crippen LogP contribution < -0.4 is 4.90 Å². The number of aromatic carboxylic acids is 1. The van der Waals surface area contributed by atoms with E-state index in [1.807, 2.05) is 13.8 Å². The minimum atomic E-state index is -1.12. The molecule has 0 saturated carbocycles. The zero-order chi connectivity index (χ0) is 13.5. The van der Waals surface area contributed by atoms with Crippen LogP contribution in [-0.4, -0.2) is 22.9 Å². The standard InChI is InChI=1S/C12H13NO4S/c1-12(2)5-8(14)13(9(15)6-12)7-3-4-18-10(7)11(16)17/h3-4H,5-6H2,1-2H3,(H,16,17). The third-order valence-electron chi connectivity index (χ3n) is 2.84. The van der Waals surface area contributed by atoms with E-state index in [1.54, 1.807) is 5.38 Å². The van der Waals surface area contributed by atoms with Crippen LogP contribution in [0.25, 0.3) is 0 Å². The van der Waals surface area contributed by atoms with Crippen LogP contribution in [0.3, 0.4) is 0 Å². The topological polar surface area (TPSA) is 74.7 Å². The fraction of sp³-hybridized carbons (Fsp3) is 0.417. The maximum Gasteiger partial charge on any atom is 0.348 e. The molecule has 1 aliphatic rings. The number of thiophene rings is 1. The molecule has 1 aromatic heterocycles. The Kier molecular flexibility index (Phi) is 2.98. The van der Waals surface area contributed by atoms with E-state index in [4.69, 9.17) is 5.11 Å². The van der Waals surface area contributed by atoms with Gasteiger partial charge >= 0.3 is 5.97 Å². The summed E-state index contributed by atoms with van der Waals surface area (Å²) in [6.07, 6.45) is 0.487. The van der Waals surface area contributed by atoms with E-state index in [2.05, 4.69) is 0 Å². The molecule has 6 heteroatoms. The highest BCUT2D eigenvalue weighted by Gasteiger charge is 2.39. The Morgan fingerprint density at radius 3 is 2.39 bits per heavy atom. The third kappa shape index (κ3) is 2.15. The molecule has 2 heterocycles. The van der Waals surface area contributed by atoms with Gasteiger partial charge in [-0.05, 0) is 16.9 Å². The minimum Gasteiger partial charge on any atom is -0.477 e. The Bertz CT molecular complexity index is 512. The SMILES string of the molecule is CC1(C)CC(=O)N(c2ccsc2C(=O)O)C(=O)C1. The van der Waals surface area contributed by atoms with Crippen LogP contribution in [0.15, 0.2) is 11.4 Å². The second kappa shape index (κ2) is 4.20. The Morgan fingerprint density at radius 1 is 1.33 bits per heavy atom. The maximum absolute atomic E-state index is 12.0. The molecule has 0 aliphatic carbocycles. The van der Waals surface area contributed by atoms with Crippen molar-refractivity contribution in [3.8, 4) is 0 Å². The van der Waals surface area contributed by atoms with Crippen LogP contribution in [-0.2, 0) is 9.59 Å². The predicted molar refractivity (Wildman–Crippen MR) is 66.8 cm³/mol. The number of nitrogens with zero attached hydrogens (tertiary/aromatic N) is 1. The number of piperidine rings is 1. The first-order valence-corrected chi connectivity index (χ1v) is 6.36. The number of hydrogen-bond acceptors (Lipinski definition) is 4. The number of imide groups is 1. The van der Waals surface area contributed by atoms with Gasteiger partial charge in [0, 0.05) is 12.8 Å². The Labute approximate surface area is 108 Å². The molecule has 1 aliphatic heterocycles. The summed E-state index contributed by atoms with van der Waals surface area (Å²) in [5.74, 6) is -1.79. The van der Waals surface area contributed by atoms with Crippen LogP contribution in [0.2, 0.25) is 0 Å². The molecule has 1 fully saturated rings. The molecule has 0 aromatic carbocycles. The van der Waals surface area contributed by atoms with Gasteiger partial charge in [-0.1, -0.05) is 13.8 Å². The van der Waals surface area contributed by atoms with Crippen molar-refractivity contribution in [1.82, 2.24) is 0 Å². The lowest BCUT2D eigenvalue weighted by Crippen LogP contribution is -2.46. The number of carboxylic acid groups (broad SMARTS) is 1. The van der Waals surface area contributed by atoms with Crippen LogP contribution in [0.1, 0.15) is 36.4 Å². The van der Waals surface area contributed by atoms with Crippen molar-refractivity contribution in [2.75, 3.05) is 4.90 Å². The van der Waals surface area contributed by atoms with Gasteiger partial charge < -0.3 is 5.11 Å². The summed E-state index contributed by atoms with van der Waals surface area (Å²) in [6.45, 7) is 3.71. The number of carbonyl (C=O) groups excluding carboxylic acids is 2. The van der Waals surface area contributed by atoms with Crippen molar-refractivity contribution in [3.05, 3.63) is 16.3 Å². The van der Waals surface area contributed by atoms with E-state index in [9.17, 15) is 14.4 Å². The summed E-state index contributed by atoms with van der Waals surface area (Å²) in [7, 11) is 0. The lowest BCUT2D eigenvalue weighted by atomic mass is 9.81. The Hall–Kier alpha value is -1.69. The molecule has 2 amide bonds. The van der Waals surface area contributed by atoms with Gasteiger partial charge in [0.05, 0.1) is 5.69 Å². The van der Waals surface area contributed by atoms with Crippen LogP contribution in [0.5, 0.6) is 0 Å². The average Bonchev–Trinajstić information content (AvgIpc) is 2.62. The molecule has 5 nitrogen and oxygen atoms in total. The molecule has 0 atom stereocenters. The highest BCUT2D eigenvalue weighted by molar-refractivity contribution is 7.12. The molecule has 96 valence electrons. The van der Waals surface area contributed by atoms with Crippen molar-refractivity contribution in [3.63, 3.8) is 0 Å². The maximum atomic E-state index is 12.0. The second-order valence-corrected chi connectivity index (χ2v) is 6.00. The molecule has 1 aromatic rings. The summed E-state index contributed by atoms with van der Waals surface area (Å²) >= 11 is 1.01. The highest BCUT2D eigenvalue weighted by Crippen LogP contribution is 2.36. The van der Waals surface area contributed by atoms with Crippen LogP contribution in [0.4, 0.5) is 5.69 Å². The monoisotopic (exact) mass is 267 g/mol. The number of rotatable bonds is 2. The molecular weight excluding hydrogens is 254 g/mol. The van der Waals surface area contributed by atoms with Crippen molar-refractivity contribution < 1.29 is 19.5 Å². The zero-order valence-corrected chi connectivity index (χ0v) is 10.9. The van der Waals surface area contributed by atoms with Gasteiger partial charge in [-0.15, -0.1) is 11.3 Å². The van der Waals surface area contributed by atoms with E-state index in [1.165, 1.54) is 6.07 Å². The summed E-state index contributed by atoms with van der Waals surface area (Å²) < 4.78 is 0. The minimum absolute atomic E-state index is 0.0245. The lowest BCUT2D eigenvalue weighted by molar-refractivity contribution is -0.132. The van der Waals surface area contributed by atoms with Gasteiger partial charge in [0.25, 0.3) is 0 Å². The van der Waals surface area contributed by atoms with Gasteiger partial charge in [0.15, 0.2) is 0 Å². The molecule has 2 rings (SSSR count). The number of anilines is 1. The number of hydrogen-bond donors (Lipinski definition) is 1. The summed E-state index contributed by atoms with van der Waals surface area (Å²) in [5.41, 5.74) is -0.164. The van der Waals surface area contributed by atoms with Gasteiger partial charge in [-0.2, -0.15) is 0 Å². The fourth-order valence-corrected chi connectivity index (χ4v) is 2.80.